The van der Waals surface area contributed by atoms with Crippen molar-refractivity contribution in [3.8, 4) is 23.0 Å². The molecule has 1 atom stereocenters. The Kier molecular flexibility index (Phi) is 8.18. The second-order valence-electron chi connectivity index (χ2n) is 9.20. The van der Waals surface area contributed by atoms with Crippen LogP contribution < -0.4 is 18.9 Å². The van der Waals surface area contributed by atoms with Crippen molar-refractivity contribution in [2.24, 2.45) is 0 Å². The quantitative estimate of drug-likeness (QED) is 0.314. The Morgan fingerprint density at radius 2 is 1.11 bits per heavy atom. The van der Waals surface area contributed by atoms with Gasteiger partial charge in [0.1, 0.15) is 0 Å². The van der Waals surface area contributed by atoms with Crippen LogP contribution in [0.15, 0.2) is 24.3 Å². The molecular formula is C29H38ClNO4. The van der Waals surface area contributed by atoms with Crippen LogP contribution >= 0.6 is 12.4 Å². The summed E-state index contributed by atoms with van der Waals surface area (Å²) < 4.78 is 24.1. The molecule has 0 radical (unpaired) electrons. The predicted octanol–water partition coefficient (Wildman–Crippen LogP) is 6.92. The summed E-state index contributed by atoms with van der Waals surface area (Å²) in [4.78, 5) is 2.69. The Labute approximate surface area is 215 Å². The van der Waals surface area contributed by atoms with Gasteiger partial charge >= 0.3 is 0 Å². The van der Waals surface area contributed by atoms with Crippen LogP contribution in [0, 0.1) is 0 Å². The fraction of sp³-hybridized carbons (Fsp3) is 0.517. The molecule has 1 saturated heterocycles. The Balaban J connectivity index is 0.00000289. The third-order valence-electron chi connectivity index (χ3n) is 7.22. The Bertz CT molecular complexity index is 1100. The Morgan fingerprint density at radius 3 is 1.60 bits per heavy atom. The van der Waals surface area contributed by atoms with Crippen molar-refractivity contribution in [3.63, 3.8) is 0 Å². The monoisotopic (exact) mass is 499 g/mol. The number of hydrogen-bond donors (Lipinski definition) is 0. The molecule has 0 aromatic heterocycles. The molecule has 6 heteroatoms. The maximum absolute atomic E-state index is 6.04. The SMILES string of the molecule is CCOc1cc2c3c(c4cc(OCC)c(OCC)cc4c2cc1OCC)CN1CCCCC1C3.Cl. The van der Waals surface area contributed by atoms with Gasteiger partial charge in [-0.2, -0.15) is 0 Å². The Hall–Kier alpha value is -2.37. The zero-order valence-electron chi connectivity index (χ0n) is 21.4. The van der Waals surface area contributed by atoms with Gasteiger partial charge in [-0.25, -0.2) is 0 Å². The average molecular weight is 500 g/mol. The number of hydrogen-bond acceptors (Lipinski definition) is 5. The van der Waals surface area contributed by atoms with Gasteiger partial charge in [-0.3, -0.25) is 4.90 Å². The lowest BCUT2D eigenvalue weighted by Gasteiger charge is -2.41. The van der Waals surface area contributed by atoms with Gasteiger partial charge in [0.15, 0.2) is 23.0 Å². The highest BCUT2D eigenvalue weighted by Crippen LogP contribution is 2.46. The molecule has 3 aromatic rings. The molecule has 2 aliphatic rings. The predicted molar refractivity (Wildman–Crippen MR) is 145 cm³/mol. The molecule has 35 heavy (non-hydrogen) atoms. The van der Waals surface area contributed by atoms with Crippen molar-refractivity contribution in [1.82, 2.24) is 4.90 Å². The van der Waals surface area contributed by atoms with E-state index < -0.39 is 0 Å². The van der Waals surface area contributed by atoms with Crippen molar-refractivity contribution < 1.29 is 18.9 Å². The molecule has 2 aliphatic heterocycles. The highest BCUT2D eigenvalue weighted by molar-refractivity contribution is 6.13. The van der Waals surface area contributed by atoms with Gasteiger partial charge in [-0.05, 0) is 110 Å². The van der Waals surface area contributed by atoms with E-state index in [9.17, 15) is 0 Å². The topological polar surface area (TPSA) is 40.2 Å². The van der Waals surface area contributed by atoms with Crippen LogP contribution in [0.3, 0.4) is 0 Å². The molecule has 0 aliphatic carbocycles. The number of ether oxygens (including phenoxy) is 4. The van der Waals surface area contributed by atoms with Crippen molar-refractivity contribution in [2.75, 3.05) is 33.0 Å². The van der Waals surface area contributed by atoms with E-state index in [0.717, 1.165) is 36.0 Å². The van der Waals surface area contributed by atoms with E-state index in [4.69, 9.17) is 18.9 Å². The highest BCUT2D eigenvalue weighted by atomic mass is 35.5. The fourth-order valence-corrected chi connectivity index (χ4v) is 5.82. The second-order valence-corrected chi connectivity index (χ2v) is 9.20. The molecule has 1 fully saturated rings. The van der Waals surface area contributed by atoms with Crippen LogP contribution in [-0.4, -0.2) is 43.9 Å². The first-order chi connectivity index (χ1) is 16.7. The average Bonchev–Trinajstić information content (AvgIpc) is 2.85. The van der Waals surface area contributed by atoms with Gasteiger partial charge in [0.25, 0.3) is 0 Å². The summed E-state index contributed by atoms with van der Waals surface area (Å²) in [7, 11) is 0. The standard InChI is InChI=1S/C29H37NO4.ClH/c1-5-31-26-14-21-20-13-19-11-9-10-12-30(19)18-25(20)24-17-29(34-8-4)28(33-7-3)16-23(24)22(21)15-27(26)32-6-2;/h14-17,19H,5-13,18H2,1-4H3;1H. The summed E-state index contributed by atoms with van der Waals surface area (Å²) in [5, 5.41) is 4.95. The molecule has 2 heterocycles. The maximum atomic E-state index is 6.04. The lowest BCUT2D eigenvalue weighted by molar-refractivity contribution is 0.128. The summed E-state index contributed by atoms with van der Waals surface area (Å²) in [6.07, 6.45) is 4.98. The summed E-state index contributed by atoms with van der Waals surface area (Å²) >= 11 is 0. The summed E-state index contributed by atoms with van der Waals surface area (Å²) in [5.74, 6) is 3.27. The Morgan fingerprint density at radius 1 is 0.657 bits per heavy atom. The molecule has 0 bridgehead atoms. The lowest BCUT2D eigenvalue weighted by Crippen LogP contribution is -2.43. The van der Waals surface area contributed by atoms with E-state index in [-0.39, 0.29) is 12.4 Å². The third kappa shape index (κ3) is 4.73. The van der Waals surface area contributed by atoms with E-state index in [0.29, 0.717) is 32.5 Å². The van der Waals surface area contributed by atoms with Crippen LogP contribution in [0.5, 0.6) is 23.0 Å². The first-order valence-corrected chi connectivity index (χ1v) is 13.0. The van der Waals surface area contributed by atoms with E-state index in [1.54, 1.807) is 0 Å². The largest absolute Gasteiger partial charge is 0.490 e. The van der Waals surface area contributed by atoms with E-state index >= 15 is 0 Å². The first-order valence-electron chi connectivity index (χ1n) is 13.0. The van der Waals surface area contributed by atoms with Crippen LogP contribution in [0.25, 0.3) is 21.5 Å². The van der Waals surface area contributed by atoms with Gasteiger partial charge in [-0.1, -0.05) is 6.42 Å². The highest BCUT2D eigenvalue weighted by Gasteiger charge is 2.31. The number of fused-ring (bicyclic) bond motifs is 7. The van der Waals surface area contributed by atoms with Gasteiger partial charge < -0.3 is 18.9 Å². The molecule has 0 spiro atoms. The summed E-state index contributed by atoms with van der Waals surface area (Å²) in [6, 6.07) is 9.40. The van der Waals surface area contributed by atoms with Crippen LogP contribution in [0.1, 0.15) is 58.1 Å². The summed E-state index contributed by atoms with van der Waals surface area (Å²) in [5.41, 5.74) is 2.89. The first kappa shape index (κ1) is 25.7. The molecule has 1 unspecified atom stereocenters. The van der Waals surface area contributed by atoms with Crippen LogP contribution in [0.2, 0.25) is 0 Å². The van der Waals surface area contributed by atoms with Crippen molar-refractivity contribution in [2.45, 2.75) is 66.0 Å². The number of halogens is 1. The minimum absolute atomic E-state index is 0. The second kappa shape index (κ2) is 11.1. The molecule has 0 saturated carbocycles. The minimum atomic E-state index is 0. The van der Waals surface area contributed by atoms with Crippen molar-refractivity contribution in [1.29, 1.82) is 0 Å². The van der Waals surface area contributed by atoms with E-state index in [1.807, 2.05) is 27.7 Å². The molecule has 3 aromatic carbocycles. The number of rotatable bonds is 8. The van der Waals surface area contributed by atoms with E-state index in [2.05, 4.69) is 29.2 Å². The fourth-order valence-electron chi connectivity index (χ4n) is 5.82. The molecule has 190 valence electrons. The van der Waals surface area contributed by atoms with Crippen molar-refractivity contribution in [3.05, 3.63) is 35.4 Å². The molecule has 5 rings (SSSR count). The van der Waals surface area contributed by atoms with Gasteiger partial charge in [0.05, 0.1) is 26.4 Å². The zero-order chi connectivity index (χ0) is 23.7. The molecule has 5 nitrogen and oxygen atoms in total. The molecule has 0 N–H and O–H groups in total. The van der Waals surface area contributed by atoms with Crippen molar-refractivity contribution >= 4 is 34.0 Å². The zero-order valence-corrected chi connectivity index (χ0v) is 22.3. The van der Waals surface area contributed by atoms with Crippen LogP contribution in [-0.2, 0) is 13.0 Å². The number of benzene rings is 3. The van der Waals surface area contributed by atoms with Gasteiger partial charge in [-0.15, -0.1) is 12.4 Å². The van der Waals surface area contributed by atoms with E-state index in [1.165, 1.54) is 58.5 Å². The number of nitrogens with zero attached hydrogens (tertiary/aromatic N) is 1. The number of piperidine rings is 1. The molecular weight excluding hydrogens is 462 g/mol. The smallest absolute Gasteiger partial charge is 0.161 e. The normalized spacial score (nSPS) is 17.4. The minimum Gasteiger partial charge on any atom is -0.490 e. The third-order valence-corrected chi connectivity index (χ3v) is 7.22. The summed E-state index contributed by atoms with van der Waals surface area (Å²) in [6.45, 7) is 12.7. The van der Waals surface area contributed by atoms with Gasteiger partial charge in [0.2, 0.25) is 0 Å². The molecule has 0 amide bonds. The maximum Gasteiger partial charge on any atom is 0.161 e. The lowest BCUT2D eigenvalue weighted by atomic mass is 9.82. The van der Waals surface area contributed by atoms with Gasteiger partial charge in [0, 0.05) is 12.6 Å². The van der Waals surface area contributed by atoms with Crippen LogP contribution in [0.4, 0.5) is 0 Å².